The van der Waals surface area contributed by atoms with Crippen molar-refractivity contribution in [3.8, 4) is 0 Å². The van der Waals surface area contributed by atoms with Gasteiger partial charge in [0.15, 0.2) is 0 Å². The van der Waals surface area contributed by atoms with Crippen molar-refractivity contribution in [3.63, 3.8) is 0 Å². The molecule has 1 aromatic heterocycles. The molecule has 1 N–H and O–H groups in total. The highest BCUT2D eigenvalue weighted by atomic mass is 16.4. The van der Waals surface area contributed by atoms with Crippen LogP contribution in [-0.4, -0.2) is 26.1 Å². The zero-order valence-electron chi connectivity index (χ0n) is 11.8. The molecule has 1 heterocycles. The molecule has 0 unspecified atom stereocenters. The van der Waals surface area contributed by atoms with Gasteiger partial charge in [0.1, 0.15) is 0 Å². The average molecular weight is 267 g/mol. The van der Waals surface area contributed by atoms with Gasteiger partial charge in [-0.05, 0) is 25.7 Å². The van der Waals surface area contributed by atoms with Crippen LogP contribution >= 0.6 is 0 Å². The van der Waals surface area contributed by atoms with Gasteiger partial charge in [0.2, 0.25) is 0 Å². The molecule has 0 amide bonds. The van der Waals surface area contributed by atoms with E-state index in [2.05, 4.69) is 17.2 Å². The summed E-state index contributed by atoms with van der Waals surface area (Å²) in [4.78, 5) is 10.4. The summed E-state index contributed by atoms with van der Waals surface area (Å²) in [6, 6.07) is 0. The highest BCUT2D eigenvalue weighted by Crippen LogP contribution is 2.06. The number of aliphatic carboxylic acids is 1. The van der Waals surface area contributed by atoms with E-state index in [1.165, 1.54) is 25.7 Å². The standard InChI is InChI=1S/C14H25N3O2/c1-2-3-4-5-8-11-17-12-13(15-16-17)9-6-7-10-14(18)19/h12H,2-11H2,1H3,(H,18,19). The maximum atomic E-state index is 10.4. The molecule has 108 valence electrons. The number of aryl methyl sites for hydroxylation is 2. The summed E-state index contributed by atoms with van der Waals surface area (Å²) in [7, 11) is 0. The normalized spacial score (nSPS) is 10.8. The highest BCUT2D eigenvalue weighted by molar-refractivity contribution is 5.66. The number of carbonyl (C=O) groups is 1. The van der Waals surface area contributed by atoms with Crippen LogP contribution < -0.4 is 0 Å². The van der Waals surface area contributed by atoms with E-state index in [-0.39, 0.29) is 6.42 Å². The van der Waals surface area contributed by atoms with Gasteiger partial charge in [0.05, 0.1) is 5.69 Å². The molecule has 0 saturated heterocycles. The number of nitrogens with zero attached hydrogens (tertiary/aromatic N) is 3. The lowest BCUT2D eigenvalue weighted by molar-refractivity contribution is -0.137. The number of hydrogen-bond acceptors (Lipinski definition) is 3. The van der Waals surface area contributed by atoms with Crippen molar-refractivity contribution in [2.75, 3.05) is 0 Å². The minimum absolute atomic E-state index is 0.242. The molecule has 0 spiro atoms. The lowest BCUT2D eigenvalue weighted by Crippen LogP contribution is -1.98. The predicted molar refractivity (Wildman–Crippen MR) is 74.0 cm³/mol. The minimum Gasteiger partial charge on any atom is -0.481 e. The van der Waals surface area contributed by atoms with Crippen LogP contribution in [0.1, 0.15) is 64.0 Å². The summed E-state index contributed by atoms with van der Waals surface area (Å²) < 4.78 is 1.90. The Hall–Kier alpha value is -1.39. The zero-order chi connectivity index (χ0) is 13.9. The number of hydrogen-bond donors (Lipinski definition) is 1. The Morgan fingerprint density at radius 2 is 2.00 bits per heavy atom. The third-order valence-electron chi connectivity index (χ3n) is 3.15. The van der Waals surface area contributed by atoms with Crippen molar-refractivity contribution in [1.29, 1.82) is 0 Å². The molecule has 0 atom stereocenters. The Morgan fingerprint density at radius 1 is 1.21 bits per heavy atom. The van der Waals surface area contributed by atoms with Gasteiger partial charge >= 0.3 is 5.97 Å². The largest absolute Gasteiger partial charge is 0.481 e. The highest BCUT2D eigenvalue weighted by Gasteiger charge is 2.02. The van der Waals surface area contributed by atoms with Crippen molar-refractivity contribution in [2.45, 2.75) is 71.3 Å². The van der Waals surface area contributed by atoms with Gasteiger partial charge in [-0.25, -0.2) is 0 Å². The Balaban J connectivity index is 2.12. The van der Waals surface area contributed by atoms with E-state index in [9.17, 15) is 4.79 Å². The van der Waals surface area contributed by atoms with Crippen molar-refractivity contribution < 1.29 is 9.90 Å². The fourth-order valence-electron chi connectivity index (χ4n) is 2.02. The van der Waals surface area contributed by atoms with Crippen LogP contribution in [0.4, 0.5) is 0 Å². The SMILES string of the molecule is CCCCCCCn1cc(CCCCC(=O)O)nn1. The molecule has 1 rings (SSSR count). The van der Waals surface area contributed by atoms with Crippen molar-refractivity contribution in [2.24, 2.45) is 0 Å². The van der Waals surface area contributed by atoms with Crippen LogP contribution in [0.5, 0.6) is 0 Å². The summed E-state index contributed by atoms with van der Waals surface area (Å²) in [5.41, 5.74) is 0.971. The second kappa shape index (κ2) is 9.53. The minimum atomic E-state index is -0.726. The van der Waals surface area contributed by atoms with Gasteiger partial charge in [-0.3, -0.25) is 9.48 Å². The lowest BCUT2D eigenvalue weighted by atomic mass is 10.1. The predicted octanol–water partition coefficient (Wildman–Crippen LogP) is 3.05. The molecule has 0 saturated carbocycles. The molecule has 19 heavy (non-hydrogen) atoms. The number of carboxylic acid groups (broad SMARTS) is 1. The molecular weight excluding hydrogens is 242 g/mol. The number of rotatable bonds is 11. The maximum absolute atomic E-state index is 10.4. The topological polar surface area (TPSA) is 68.0 Å². The Kier molecular flexibility index (Phi) is 7.86. The first-order valence-electron chi connectivity index (χ1n) is 7.33. The van der Waals surface area contributed by atoms with Gasteiger partial charge in [0.25, 0.3) is 0 Å². The fraction of sp³-hybridized carbons (Fsp3) is 0.786. The molecule has 5 heteroatoms. The first kappa shape index (κ1) is 15.7. The Bertz CT molecular complexity index is 363. The molecule has 0 aliphatic heterocycles. The van der Waals surface area contributed by atoms with Crippen LogP contribution in [0.2, 0.25) is 0 Å². The number of unbranched alkanes of at least 4 members (excludes halogenated alkanes) is 5. The summed E-state index contributed by atoms with van der Waals surface area (Å²) in [5.74, 6) is -0.726. The van der Waals surface area contributed by atoms with E-state index in [1.54, 1.807) is 0 Å². The van der Waals surface area contributed by atoms with Crippen LogP contribution in [-0.2, 0) is 17.8 Å². The first-order valence-corrected chi connectivity index (χ1v) is 7.33. The third-order valence-corrected chi connectivity index (χ3v) is 3.15. The third kappa shape index (κ3) is 7.59. The Labute approximate surface area is 115 Å². The average Bonchev–Trinajstić information content (AvgIpc) is 2.82. The zero-order valence-corrected chi connectivity index (χ0v) is 11.8. The quantitative estimate of drug-likeness (QED) is 0.626. The molecule has 0 fully saturated rings. The fourth-order valence-corrected chi connectivity index (χ4v) is 2.02. The molecule has 0 aliphatic rings. The summed E-state index contributed by atoms with van der Waals surface area (Å²) >= 11 is 0. The van der Waals surface area contributed by atoms with Gasteiger partial charge in [-0.15, -0.1) is 5.10 Å². The molecule has 0 radical (unpaired) electrons. The monoisotopic (exact) mass is 267 g/mol. The Morgan fingerprint density at radius 3 is 2.74 bits per heavy atom. The van der Waals surface area contributed by atoms with Crippen LogP contribution in [0.25, 0.3) is 0 Å². The van der Waals surface area contributed by atoms with Gasteiger partial charge in [-0.2, -0.15) is 0 Å². The van der Waals surface area contributed by atoms with Gasteiger partial charge in [-0.1, -0.05) is 37.8 Å². The molecule has 1 aromatic rings. The number of aromatic nitrogens is 3. The van der Waals surface area contributed by atoms with Gasteiger partial charge < -0.3 is 5.11 Å². The molecule has 0 aromatic carbocycles. The van der Waals surface area contributed by atoms with Crippen LogP contribution in [0.15, 0.2) is 6.20 Å². The molecule has 0 aliphatic carbocycles. The second-order valence-electron chi connectivity index (χ2n) is 4.99. The van der Waals surface area contributed by atoms with Crippen molar-refractivity contribution in [1.82, 2.24) is 15.0 Å². The van der Waals surface area contributed by atoms with Crippen molar-refractivity contribution >= 4 is 5.97 Å². The number of carboxylic acids is 1. The van der Waals surface area contributed by atoms with E-state index in [1.807, 2.05) is 10.9 Å². The van der Waals surface area contributed by atoms with E-state index < -0.39 is 5.97 Å². The van der Waals surface area contributed by atoms with E-state index >= 15 is 0 Å². The summed E-state index contributed by atoms with van der Waals surface area (Å²) in [5, 5.41) is 16.8. The van der Waals surface area contributed by atoms with Gasteiger partial charge in [0, 0.05) is 19.2 Å². The van der Waals surface area contributed by atoms with E-state index in [0.717, 1.165) is 31.5 Å². The molecule has 0 bridgehead atoms. The maximum Gasteiger partial charge on any atom is 0.303 e. The lowest BCUT2D eigenvalue weighted by Gasteiger charge is -1.99. The van der Waals surface area contributed by atoms with Crippen LogP contribution in [0.3, 0.4) is 0 Å². The van der Waals surface area contributed by atoms with E-state index in [0.29, 0.717) is 6.42 Å². The summed E-state index contributed by atoms with van der Waals surface area (Å²) in [6.07, 6.45) is 10.9. The second-order valence-corrected chi connectivity index (χ2v) is 4.99. The molecular formula is C14H25N3O2. The van der Waals surface area contributed by atoms with Crippen molar-refractivity contribution in [3.05, 3.63) is 11.9 Å². The smallest absolute Gasteiger partial charge is 0.303 e. The first-order chi connectivity index (χ1) is 9.22. The van der Waals surface area contributed by atoms with Crippen LogP contribution in [0, 0.1) is 0 Å². The summed E-state index contributed by atoms with van der Waals surface area (Å²) in [6.45, 7) is 3.15. The molecule has 5 nitrogen and oxygen atoms in total. The van der Waals surface area contributed by atoms with E-state index in [4.69, 9.17) is 5.11 Å².